The standard InChI is InChI=1S/C13H17ClN2O3S/c1-9-5-6-10(14)8-12(9)20(18,19)16-7-3-4-11(16)13(17)15-2/h5-6,8,11H,3-4,7H2,1-2H3,(H,15,17). The molecule has 0 saturated carbocycles. The first-order valence-electron chi connectivity index (χ1n) is 6.37. The average molecular weight is 317 g/mol. The lowest BCUT2D eigenvalue weighted by Crippen LogP contribution is -2.44. The average Bonchev–Trinajstić information content (AvgIpc) is 2.90. The minimum absolute atomic E-state index is 0.167. The Hall–Kier alpha value is -1.11. The molecule has 7 heteroatoms. The van der Waals surface area contributed by atoms with Gasteiger partial charge in [0.25, 0.3) is 0 Å². The summed E-state index contributed by atoms with van der Waals surface area (Å²) in [6.45, 7) is 2.07. The zero-order valence-electron chi connectivity index (χ0n) is 11.4. The molecular weight excluding hydrogens is 300 g/mol. The van der Waals surface area contributed by atoms with E-state index in [1.807, 2.05) is 0 Å². The highest BCUT2D eigenvalue weighted by Gasteiger charge is 2.39. The van der Waals surface area contributed by atoms with Crippen molar-refractivity contribution in [2.45, 2.75) is 30.7 Å². The lowest BCUT2D eigenvalue weighted by molar-refractivity contribution is -0.123. The van der Waals surface area contributed by atoms with Gasteiger partial charge in [0.2, 0.25) is 15.9 Å². The molecule has 1 N–H and O–H groups in total. The summed E-state index contributed by atoms with van der Waals surface area (Å²) < 4.78 is 26.7. The van der Waals surface area contributed by atoms with Crippen molar-refractivity contribution in [3.8, 4) is 0 Å². The quantitative estimate of drug-likeness (QED) is 0.920. The van der Waals surface area contributed by atoms with Gasteiger partial charge in [0.1, 0.15) is 6.04 Å². The Bertz CT molecular complexity index is 631. The third-order valence-corrected chi connectivity index (χ3v) is 5.77. The first-order chi connectivity index (χ1) is 9.37. The number of benzene rings is 1. The molecule has 5 nitrogen and oxygen atoms in total. The molecule has 1 aromatic carbocycles. The second-order valence-corrected chi connectivity index (χ2v) is 7.09. The van der Waals surface area contributed by atoms with Gasteiger partial charge in [-0.15, -0.1) is 0 Å². The van der Waals surface area contributed by atoms with Crippen LogP contribution in [-0.4, -0.2) is 38.3 Å². The highest BCUT2D eigenvalue weighted by molar-refractivity contribution is 7.89. The summed E-state index contributed by atoms with van der Waals surface area (Å²) in [4.78, 5) is 12.0. The van der Waals surface area contributed by atoms with Crippen LogP contribution < -0.4 is 5.32 Å². The second-order valence-electron chi connectivity index (χ2n) is 4.80. The normalized spacial score (nSPS) is 20.1. The van der Waals surface area contributed by atoms with Crippen LogP contribution in [0.3, 0.4) is 0 Å². The van der Waals surface area contributed by atoms with E-state index < -0.39 is 16.1 Å². The molecule has 2 rings (SSSR count). The Labute approximate surface area is 124 Å². The molecule has 0 spiro atoms. The molecule has 1 aliphatic rings. The molecule has 1 saturated heterocycles. The van der Waals surface area contributed by atoms with Crippen LogP contribution in [0.25, 0.3) is 0 Å². The SMILES string of the molecule is CNC(=O)C1CCCN1S(=O)(=O)c1cc(Cl)ccc1C. The maximum absolute atomic E-state index is 12.7. The summed E-state index contributed by atoms with van der Waals surface area (Å²) in [5, 5.41) is 2.88. The number of likely N-dealkylation sites (N-methyl/N-ethyl adjacent to an activating group) is 1. The van der Waals surface area contributed by atoms with Crippen molar-refractivity contribution in [2.24, 2.45) is 0 Å². The van der Waals surface area contributed by atoms with Gasteiger partial charge >= 0.3 is 0 Å². The number of hydrogen-bond acceptors (Lipinski definition) is 3. The second kappa shape index (κ2) is 5.71. The third kappa shape index (κ3) is 2.68. The van der Waals surface area contributed by atoms with Gasteiger partial charge in [-0.25, -0.2) is 8.42 Å². The molecule has 0 bridgehead atoms. The molecule has 20 heavy (non-hydrogen) atoms. The van der Waals surface area contributed by atoms with E-state index in [9.17, 15) is 13.2 Å². The highest BCUT2D eigenvalue weighted by Crippen LogP contribution is 2.29. The minimum atomic E-state index is -3.71. The molecule has 1 heterocycles. The van der Waals surface area contributed by atoms with Crippen molar-refractivity contribution in [3.05, 3.63) is 28.8 Å². The monoisotopic (exact) mass is 316 g/mol. The number of aryl methyl sites for hydroxylation is 1. The van der Waals surface area contributed by atoms with E-state index in [0.29, 0.717) is 30.0 Å². The van der Waals surface area contributed by atoms with E-state index in [2.05, 4.69) is 5.32 Å². The molecule has 1 fully saturated rings. The van der Waals surface area contributed by atoms with Crippen LogP contribution in [0.1, 0.15) is 18.4 Å². The van der Waals surface area contributed by atoms with Crippen LogP contribution in [-0.2, 0) is 14.8 Å². The Morgan fingerprint density at radius 1 is 1.45 bits per heavy atom. The van der Waals surface area contributed by atoms with Crippen molar-refractivity contribution < 1.29 is 13.2 Å². The number of rotatable bonds is 3. The van der Waals surface area contributed by atoms with Gasteiger partial charge < -0.3 is 5.32 Å². The number of amides is 1. The van der Waals surface area contributed by atoms with Crippen LogP contribution in [0, 0.1) is 6.92 Å². The number of nitrogens with one attached hydrogen (secondary N) is 1. The highest BCUT2D eigenvalue weighted by atomic mass is 35.5. The zero-order valence-corrected chi connectivity index (χ0v) is 13.0. The van der Waals surface area contributed by atoms with Gasteiger partial charge in [-0.2, -0.15) is 4.31 Å². The van der Waals surface area contributed by atoms with E-state index in [-0.39, 0.29) is 10.8 Å². The molecule has 1 unspecified atom stereocenters. The first-order valence-corrected chi connectivity index (χ1v) is 8.19. The predicted octanol–water partition coefficient (Wildman–Crippen LogP) is 1.55. The number of hydrogen-bond donors (Lipinski definition) is 1. The van der Waals surface area contributed by atoms with Crippen molar-refractivity contribution in [1.29, 1.82) is 0 Å². The van der Waals surface area contributed by atoms with Crippen LogP contribution >= 0.6 is 11.6 Å². The van der Waals surface area contributed by atoms with Crippen LogP contribution in [0.5, 0.6) is 0 Å². The summed E-state index contributed by atoms with van der Waals surface area (Å²) in [5.41, 5.74) is 0.622. The summed E-state index contributed by atoms with van der Waals surface area (Å²) in [6.07, 6.45) is 1.22. The summed E-state index contributed by atoms with van der Waals surface area (Å²) >= 11 is 5.89. The van der Waals surface area contributed by atoms with Gasteiger partial charge in [-0.05, 0) is 37.5 Å². The van der Waals surface area contributed by atoms with Crippen molar-refractivity contribution in [2.75, 3.05) is 13.6 Å². The minimum Gasteiger partial charge on any atom is -0.358 e. The smallest absolute Gasteiger partial charge is 0.244 e. The summed E-state index contributed by atoms with van der Waals surface area (Å²) in [6, 6.07) is 4.12. The van der Waals surface area contributed by atoms with Gasteiger partial charge in [-0.3, -0.25) is 4.79 Å². The zero-order chi connectivity index (χ0) is 14.9. The van der Waals surface area contributed by atoms with Crippen molar-refractivity contribution >= 4 is 27.5 Å². The van der Waals surface area contributed by atoms with Crippen LogP contribution in [0.15, 0.2) is 23.1 Å². The van der Waals surface area contributed by atoms with E-state index in [1.165, 1.54) is 17.4 Å². The van der Waals surface area contributed by atoms with Gasteiger partial charge in [0.15, 0.2) is 0 Å². The molecule has 1 atom stereocenters. The first kappa shape index (κ1) is 15.3. The maximum Gasteiger partial charge on any atom is 0.244 e. The van der Waals surface area contributed by atoms with Crippen molar-refractivity contribution in [3.63, 3.8) is 0 Å². The fourth-order valence-corrected chi connectivity index (χ4v) is 4.58. The Morgan fingerprint density at radius 2 is 2.15 bits per heavy atom. The van der Waals surface area contributed by atoms with Gasteiger partial charge in [0, 0.05) is 18.6 Å². The Balaban J connectivity index is 2.44. The molecular formula is C13H17ClN2O3S. The fraction of sp³-hybridized carbons (Fsp3) is 0.462. The van der Waals surface area contributed by atoms with Crippen molar-refractivity contribution in [1.82, 2.24) is 9.62 Å². The Morgan fingerprint density at radius 3 is 2.80 bits per heavy atom. The fourth-order valence-electron chi connectivity index (χ4n) is 2.43. The number of carbonyl (C=O) groups is 1. The molecule has 0 radical (unpaired) electrons. The molecule has 110 valence electrons. The van der Waals surface area contributed by atoms with Crippen LogP contribution in [0.4, 0.5) is 0 Å². The predicted molar refractivity (Wildman–Crippen MR) is 77.2 cm³/mol. The number of halogens is 1. The molecule has 1 aliphatic heterocycles. The molecule has 0 aliphatic carbocycles. The summed E-state index contributed by atoms with van der Waals surface area (Å²) in [5.74, 6) is -0.272. The molecule has 1 amide bonds. The number of nitrogens with zero attached hydrogens (tertiary/aromatic N) is 1. The van der Waals surface area contributed by atoms with E-state index in [1.54, 1.807) is 19.1 Å². The Kier molecular flexibility index (Phi) is 4.36. The summed E-state index contributed by atoms with van der Waals surface area (Å²) in [7, 11) is -2.20. The lowest BCUT2D eigenvalue weighted by Gasteiger charge is -2.23. The van der Waals surface area contributed by atoms with E-state index >= 15 is 0 Å². The van der Waals surface area contributed by atoms with Gasteiger partial charge in [0.05, 0.1) is 4.90 Å². The maximum atomic E-state index is 12.7. The lowest BCUT2D eigenvalue weighted by atomic mass is 10.2. The molecule has 0 aromatic heterocycles. The topological polar surface area (TPSA) is 66.5 Å². The van der Waals surface area contributed by atoms with Gasteiger partial charge in [-0.1, -0.05) is 17.7 Å². The number of carbonyl (C=O) groups excluding carboxylic acids is 1. The van der Waals surface area contributed by atoms with E-state index in [4.69, 9.17) is 11.6 Å². The molecule has 1 aromatic rings. The largest absolute Gasteiger partial charge is 0.358 e. The van der Waals surface area contributed by atoms with Crippen LogP contribution in [0.2, 0.25) is 5.02 Å². The number of sulfonamides is 1. The van der Waals surface area contributed by atoms with E-state index in [0.717, 1.165) is 0 Å². The third-order valence-electron chi connectivity index (χ3n) is 3.49.